The summed E-state index contributed by atoms with van der Waals surface area (Å²) < 4.78 is 1.99. The SMILES string of the molecule is c1ccc([C@H]2c3ccsc3CCN2Cc2cn3cccnc3n2)cc1. The van der Waals surface area contributed by atoms with E-state index >= 15 is 0 Å². The van der Waals surface area contributed by atoms with Crippen LogP contribution in [0.15, 0.2) is 66.4 Å². The lowest BCUT2D eigenvalue weighted by Crippen LogP contribution is -2.35. The lowest BCUT2D eigenvalue weighted by atomic mass is 9.93. The first-order chi connectivity index (χ1) is 12.4. The molecule has 0 saturated carbocycles. The van der Waals surface area contributed by atoms with E-state index in [4.69, 9.17) is 4.98 Å². The average molecular weight is 346 g/mol. The summed E-state index contributed by atoms with van der Waals surface area (Å²) in [6, 6.07) is 15.3. The highest BCUT2D eigenvalue weighted by Crippen LogP contribution is 2.38. The Balaban J connectivity index is 1.53. The second-order valence-corrected chi connectivity index (χ2v) is 7.39. The van der Waals surface area contributed by atoms with E-state index in [2.05, 4.69) is 57.9 Å². The van der Waals surface area contributed by atoms with Gasteiger partial charge in [0, 0.05) is 36.6 Å². The van der Waals surface area contributed by atoms with Gasteiger partial charge in [-0.3, -0.25) is 9.30 Å². The summed E-state index contributed by atoms with van der Waals surface area (Å²) in [7, 11) is 0. The minimum atomic E-state index is 0.300. The van der Waals surface area contributed by atoms with E-state index in [0.717, 1.165) is 31.0 Å². The van der Waals surface area contributed by atoms with Crippen LogP contribution in [0.4, 0.5) is 0 Å². The molecule has 0 amide bonds. The first-order valence-corrected chi connectivity index (χ1v) is 9.40. The maximum absolute atomic E-state index is 4.69. The predicted octanol–water partition coefficient (Wildman–Crippen LogP) is 3.94. The van der Waals surface area contributed by atoms with Gasteiger partial charge in [-0.2, -0.15) is 0 Å². The second-order valence-electron chi connectivity index (χ2n) is 6.39. The van der Waals surface area contributed by atoms with Gasteiger partial charge in [0.1, 0.15) is 0 Å². The highest BCUT2D eigenvalue weighted by atomic mass is 32.1. The van der Waals surface area contributed by atoms with Gasteiger partial charge >= 0.3 is 0 Å². The standard InChI is InChI=1S/C20H18N4S/c1-2-5-15(6-3-1)19-17-8-12-25-18(17)7-11-23(19)13-16-14-24-10-4-9-21-20(24)22-16/h1-6,8-10,12,14,19H,7,11,13H2/t19-/m0/s1. The Hall–Kier alpha value is -2.50. The topological polar surface area (TPSA) is 33.4 Å². The summed E-state index contributed by atoms with van der Waals surface area (Å²) in [5.41, 5.74) is 3.87. The molecule has 4 aromatic rings. The summed E-state index contributed by atoms with van der Waals surface area (Å²) in [6.45, 7) is 1.88. The van der Waals surface area contributed by atoms with Crippen LogP contribution in [0.3, 0.4) is 0 Å². The largest absolute Gasteiger partial charge is 0.291 e. The van der Waals surface area contributed by atoms with Gasteiger partial charge in [0.05, 0.1) is 11.7 Å². The van der Waals surface area contributed by atoms with Gasteiger partial charge in [0.25, 0.3) is 0 Å². The van der Waals surface area contributed by atoms with Crippen LogP contribution in [0.1, 0.15) is 27.7 Å². The molecule has 5 heteroatoms. The van der Waals surface area contributed by atoms with Gasteiger partial charge in [-0.25, -0.2) is 9.97 Å². The molecule has 0 bridgehead atoms. The Morgan fingerprint density at radius 3 is 2.92 bits per heavy atom. The summed E-state index contributed by atoms with van der Waals surface area (Å²) in [4.78, 5) is 13.1. The fraction of sp³-hybridized carbons (Fsp3) is 0.200. The number of thiophene rings is 1. The van der Waals surface area contributed by atoms with Crippen molar-refractivity contribution in [1.29, 1.82) is 0 Å². The summed E-state index contributed by atoms with van der Waals surface area (Å²) >= 11 is 1.88. The highest BCUT2D eigenvalue weighted by Gasteiger charge is 2.29. The molecular weight excluding hydrogens is 328 g/mol. The Morgan fingerprint density at radius 1 is 1.12 bits per heavy atom. The molecule has 4 nitrogen and oxygen atoms in total. The minimum absolute atomic E-state index is 0.300. The van der Waals surface area contributed by atoms with Gasteiger partial charge in [-0.05, 0) is 35.1 Å². The van der Waals surface area contributed by atoms with Crippen LogP contribution < -0.4 is 0 Å². The van der Waals surface area contributed by atoms with E-state index in [9.17, 15) is 0 Å². The molecule has 0 unspecified atom stereocenters. The molecule has 25 heavy (non-hydrogen) atoms. The van der Waals surface area contributed by atoms with Crippen molar-refractivity contribution in [1.82, 2.24) is 19.3 Å². The molecule has 0 fully saturated rings. The molecule has 1 aliphatic heterocycles. The van der Waals surface area contributed by atoms with Gasteiger partial charge < -0.3 is 0 Å². The number of nitrogens with zero attached hydrogens (tertiary/aromatic N) is 4. The molecule has 0 radical (unpaired) electrons. The first-order valence-electron chi connectivity index (χ1n) is 8.52. The monoisotopic (exact) mass is 346 g/mol. The van der Waals surface area contributed by atoms with Crippen LogP contribution in [-0.4, -0.2) is 25.8 Å². The van der Waals surface area contributed by atoms with Crippen LogP contribution in [-0.2, 0) is 13.0 Å². The average Bonchev–Trinajstić information content (AvgIpc) is 3.28. The maximum Gasteiger partial charge on any atom is 0.233 e. The Kier molecular flexibility index (Phi) is 3.61. The summed E-state index contributed by atoms with van der Waals surface area (Å²) in [6.07, 6.45) is 6.99. The number of hydrogen-bond donors (Lipinski definition) is 0. The lowest BCUT2D eigenvalue weighted by molar-refractivity contribution is 0.204. The number of imidazole rings is 1. The highest BCUT2D eigenvalue weighted by molar-refractivity contribution is 7.10. The third kappa shape index (κ3) is 2.65. The number of rotatable bonds is 3. The second kappa shape index (κ2) is 6.10. The fourth-order valence-corrected chi connectivity index (χ4v) is 4.63. The van der Waals surface area contributed by atoms with E-state index in [1.54, 1.807) is 6.20 Å². The quantitative estimate of drug-likeness (QED) is 0.563. The van der Waals surface area contributed by atoms with E-state index in [0.29, 0.717) is 6.04 Å². The minimum Gasteiger partial charge on any atom is -0.291 e. The number of benzene rings is 1. The molecule has 1 aromatic carbocycles. The van der Waals surface area contributed by atoms with E-state index in [-0.39, 0.29) is 0 Å². The van der Waals surface area contributed by atoms with Crippen LogP contribution in [0.5, 0.6) is 0 Å². The number of fused-ring (bicyclic) bond motifs is 2. The van der Waals surface area contributed by atoms with E-state index < -0.39 is 0 Å². The van der Waals surface area contributed by atoms with Crippen LogP contribution in [0.2, 0.25) is 0 Å². The molecule has 0 N–H and O–H groups in total. The third-order valence-corrected chi connectivity index (χ3v) is 5.83. The van der Waals surface area contributed by atoms with Crippen LogP contribution in [0, 0.1) is 0 Å². The first kappa shape index (κ1) is 14.8. The molecule has 0 saturated heterocycles. The molecule has 3 aromatic heterocycles. The van der Waals surface area contributed by atoms with Crippen molar-refractivity contribution in [2.75, 3.05) is 6.54 Å². The lowest BCUT2D eigenvalue weighted by Gasteiger charge is -2.35. The van der Waals surface area contributed by atoms with Crippen molar-refractivity contribution < 1.29 is 0 Å². The zero-order valence-corrected chi connectivity index (χ0v) is 14.6. The van der Waals surface area contributed by atoms with Gasteiger partial charge in [0.15, 0.2) is 0 Å². The van der Waals surface area contributed by atoms with Crippen molar-refractivity contribution in [3.8, 4) is 0 Å². The van der Waals surface area contributed by atoms with Gasteiger partial charge in [0.2, 0.25) is 5.78 Å². The van der Waals surface area contributed by atoms with Gasteiger partial charge in [-0.15, -0.1) is 11.3 Å². The summed E-state index contributed by atoms with van der Waals surface area (Å²) in [5, 5.41) is 2.22. The predicted molar refractivity (Wildman–Crippen MR) is 99.7 cm³/mol. The van der Waals surface area contributed by atoms with Crippen molar-refractivity contribution in [3.05, 3.63) is 88.1 Å². The van der Waals surface area contributed by atoms with Crippen molar-refractivity contribution >= 4 is 17.1 Å². The molecule has 0 spiro atoms. The van der Waals surface area contributed by atoms with Crippen molar-refractivity contribution in [3.63, 3.8) is 0 Å². The summed E-state index contributed by atoms with van der Waals surface area (Å²) in [5.74, 6) is 0.766. The normalized spacial score (nSPS) is 17.7. The van der Waals surface area contributed by atoms with E-state index in [1.165, 1.54) is 16.0 Å². The molecule has 0 aliphatic carbocycles. The molecule has 1 aliphatic rings. The van der Waals surface area contributed by atoms with Gasteiger partial charge in [-0.1, -0.05) is 30.3 Å². The molecule has 1 atom stereocenters. The smallest absolute Gasteiger partial charge is 0.233 e. The Labute approximate surface area is 150 Å². The molecular formula is C20H18N4S. The fourth-order valence-electron chi connectivity index (χ4n) is 3.73. The number of aromatic nitrogens is 3. The van der Waals surface area contributed by atoms with Crippen molar-refractivity contribution in [2.45, 2.75) is 19.0 Å². The molecule has 124 valence electrons. The number of hydrogen-bond acceptors (Lipinski definition) is 4. The van der Waals surface area contributed by atoms with Crippen LogP contribution in [0.25, 0.3) is 5.78 Å². The Morgan fingerprint density at radius 2 is 2.04 bits per heavy atom. The van der Waals surface area contributed by atoms with Crippen molar-refractivity contribution in [2.24, 2.45) is 0 Å². The van der Waals surface area contributed by atoms with E-state index in [1.807, 2.05) is 28.0 Å². The zero-order chi connectivity index (χ0) is 16.6. The third-order valence-electron chi connectivity index (χ3n) is 4.83. The van der Waals surface area contributed by atoms with Crippen LogP contribution >= 0.6 is 11.3 Å². The Bertz CT molecular complexity index is 972. The zero-order valence-electron chi connectivity index (χ0n) is 13.7. The maximum atomic E-state index is 4.69. The molecule has 5 rings (SSSR count). The molecule has 4 heterocycles.